The van der Waals surface area contributed by atoms with Gasteiger partial charge in [-0.15, -0.1) is 0 Å². The monoisotopic (exact) mass is 353 g/mol. The fraction of sp³-hybridized carbons (Fsp3) is 0.400. The first-order valence-electron chi connectivity index (χ1n) is 9.08. The van der Waals surface area contributed by atoms with Gasteiger partial charge in [0, 0.05) is 24.8 Å². The number of nitrogens with two attached hydrogens (primary N) is 1. The maximum absolute atomic E-state index is 12.1. The van der Waals surface area contributed by atoms with Gasteiger partial charge in [-0.2, -0.15) is 0 Å². The fourth-order valence-electron chi connectivity index (χ4n) is 4.28. The lowest BCUT2D eigenvalue weighted by molar-refractivity contribution is 0.0695. The average molecular weight is 353 g/mol. The number of fused-ring (bicyclic) bond motifs is 1. The predicted octanol–water partition coefficient (Wildman–Crippen LogP) is 2.09. The Bertz CT molecular complexity index is 904. The Morgan fingerprint density at radius 1 is 1.31 bits per heavy atom. The molecule has 136 valence electrons. The number of aromatic amines is 1. The van der Waals surface area contributed by atoms with E-state index in [2.05, 4.69) is 22.0 Å². The van der Waals surface area contributed by atoms with Crippen molar-refractivity contribution < 1.29 is 9.90 Å². The van der Waals surface area contributed by atoms with Crippen LogP contribution in [0.3, 0.4) is 0 Å². The van der Waals surface area contributed by atoms with Crippen LogP contribution in [0.25, 0.3) is 11.3 Å². The van der Waals surface area contributed by atoms with E-state index in [0.29, 0.717) is 24.1 Å². The van der Waals surface area contributed by atoms with Crippen LogP contribution in [0.2, 0.25) is 0 Å². The van der Waals surface area contributed by atoms with Gasteiger partial charge >= 0.3 is 5.97 Å². The van der Waals surface area contributed by atoms with Crippen LogP contribution < -0.4 is 16.2 Å². The second-order valence-electron chi connectivity index (χ2n) is 7.35. The van der Waals surface area contributed by atoms with Crippen LogP contribution in [0.1, 0.15) is 29.3 Å². The number of pyridine rings is 1. The molecule has 2 heterocycles. The third-order valence-electron chi connectivity index (χ3n) is 5.87. The molecule has 6 heteroatoms. The van der Waals surface area contributed by atoms with E-state index in [0.717, 1.165) is 42.2 Å². The van der Waals surface area contributed by atoms with E-state index < -0.39 is 11.5 Å². The number of nitrogens with one attached hydrogen (secondary N) is 1. The maximum atomic E-state index is 12.1. The minimum Gasteiger partial charge on any atom is -0.477 e. The zero-order valence-electron chi connectivity index (χ0n) is 14.7. The number of H-pyrrole nitrogens is 1. The standard InChI is InChI=1S/C20H23N3O3/c1-2-11-7-15(20(25)26)19(24)22-18(11)12-3-5-14(6-4-12)23-9-13-8-17(21)16(13)10-23/h3-7,13,16-17H,2,8-10,21H2,1H3,(H,22,24)(H,25,26)/t13-,16+,17-/m1/s1. The van der Waals surface area contributed by atoms with Crippen LogP contribution >= 0.6 is 0 Å². The molecule has 4 rings (SSSR count). The number of aromatic carboxylic acids is 1. The smallest absolute Gasteiger partial charge is 0.341 e. The van der Waals surface area contributed by atoms with Crippen molar-refractivity contribution in [3.8, 4) is 11.3 Å². The normalized spacial score (nSPS) is 24.2. The van der Waals surface area contributed by atoms with E-state index in [1.807, 2.05) is 19.1 Å². The van der Waals surface area contributed by atoms with Crippen molar-refractivity contribution in [3.63, 3.8) is 0 Å². The molecule has 0 spiro atoms. The molecule has 2 aliphatic rings. The van der Waals surface area contributed by atoms with Crippen molar-refractivity contribution in [2.75, 3.05) is 18.0 Å². The largest absolute Gasteiger partial charge is 0.477 e. The number of hydrogen-bond acceptors (Lipinski definition) is 4. The molecule has 1 aromatic heterocycles. The van der Waals surface area contributed by atoms with E-state index in [1.54, 1.807) is 0 Å². The van der Waals surface area contributed by atoms with Gasteiger partial charge in [0.25, 0.3) is 5.56 Å². The van der Waals surface area contributed by atoms with Gasteiger partial charge in [-0.3, -0.25) is 4.79 Å². The minimum atomic E-state index is -1.20. The highest BCUT2D eigenvalue weighted by molar-refractivity contribution is 5.88. The van der Waals surface area contributed by atoms with E-state index in [4.69, 9.17) is 10.8 Å². The summed E-state index contributed by atoms with van der Waals surface area (Å²) in [5, 5.41) is 9.14. The Kier molecular flexibility index (Phi) is 4.07. The fourth-order valence-corrected chi connectivity index (χ4v) is 4.28. The quantitative estimate of drug-likeness (QED) is 0.781. The number of aryl methyl sites for hydroxylation is 1. The summed E-state index contributed by atoms with van der Waals surface area (Å²) in [6.07, 6.45) is 1.76. The van der Waals surface area contributed by atoms with Crippen molar-refractivity contribution in [1.82, 2.24) is 4.98 Å². The highest BCUT2D eigenvalue weighted by Crippen LogP contribution is 2.41. The number of nitrogens with zero attached hydrogens (tertiary/aromatic N) is 1. The van der Waals surface area contributed by atoms with Gasteiger partial charge in [-0.1, -0.05) is 19.1 Å². The summed E-state index contributed by atoms with van der Waals surface area (Å²) in [5.41, 5.74) is 8.86. The van der Waals surface area contributed by atoms with Crippen molar-refractivity contribution >= 4 is 11.7 Å². The molecule has 1 saturated carbocycles. The summed E-state index contributed by atoms with van der Waals surface area (Å²) in [4.78, 5) is 28.4. The van der Waals surface area contributed by atoms with Gasteiger partial charge in [0.15, 0.2) is 0 Å². The van der Waals surface area contributed by atoms with Crippen molar-refractivity contribution in [2.45, 2.75) is 25.8 Å². The van der Waals surface area contributed by atoms with E-state index in [9.17, 15) is 9.59 Å². The predicted molar refractivity (Wildman–Crippen MR) is 101 cm³/mol. The molecule has 0 bridgehead atoms. The van der Waals surface area contributed by atoms with Gasteiger partial charge in [-0.25, -0.2) is 4.79 Å². The Hall–Kier alpha value is -2.60. The van der Waals surface area contributed by atoms with Gasteiger partial charge in [0.1, 0.15) is 5.56 Å². The Morgan fingerprint density at radius 2 is 2.04 bits per heavy atom. The minimum absolute atomic E-state index is 0.217. The van der Waals surface area contributed by atoms with Gasteiger partial charge in [0.05, 0.1) is 5.69 Å². The summed E-state index contributed by atoms with van der Waals surface area (Å²) < 4.78 is 0. The summed E-state index contributed by atoms with van der Waals surface area (Å²) in [6, 6.07) is 9.92. The number of rotatable bonds is 4. The molecule has 26 heavy (non-hydrogen) atoms. The van der Waals surface area contributed by atoms with Crippen molar-refractivity contribution in [2.24, 2.45) is 17.6 Å². The van der Waals surface area contributed by atoms with Crippen LogP contribution in [0.5, 0.6) is 0 Å². The lowest BCUT2D eigenvalue weighted by Gasteiger charge is -2.36. The first-order valence-corrected chi connectivity index (χ1v) is 9.08. The first-order chi connectivity index (χ1) is 12.5. The molecule has 3 atom stereocenters. The summed E-state index contributed by atoms with van der Waals surface area (Å²) in [7, 11) is 0. The van der Waals surface area contributed by atoms with Crippen LogP contribution in [0.15, 0.2) is 35.1 Å². The molecule has 4 N–H and O–H groups in total. The lowest BCUT2D eigenvalue weighted by atomic mass is 9.72. The third kappa shape index (κ3) is 2.70. The molecule has 0 radical (unpaired) electrons. The number of carboxylic acids is 1. The number of carbonyl (C=O) groups is 1. The second kappa shape index (κ2) is 6.29. The highest BCUT2D eigenvalue weighted by Gasteiger charge is 2.45. The number of anilines is 1. The molecule has 1 aliphatic carbocycles. The van der Waals surface area contributed by atoms with Gasteiger partial charge < -0.3 is 20.7 Å². The number of hydrogen-bond donors (Lipinski definition) is 3. The molecule has 2 aromatic rings. The molecule has 6 nitrogen and oxygen atoms in total. The zero-order valence-corrected chi connectivity index (χ0v) is 14.7. The third-order valence-corrected chi connectivity index (χ3v) is 5.87. The Labute approximate surface area is 151 Å². The molecule has 0 amide bonds. The molecular weight excluding hydrogens is 330 g/mol. The maximum Gasteiger partial charge on any atom is 0.341 e. The number of benzene rings is 1. The SMILES string of the molecule is CCc1cc(C(=O)O)c(=O)[nH]c1-c1ccc(N2C[C@H]3C[C@@H](N)[C@H]3C2)cc1. The van der Waals surface area contributed by atoms with Crippen molar-refractivity contribution in [1.29, 1.82) is 0 Å². The first kappa shape index (κ1) is 16.8. The molecule has 0 unspecified atom stereocenters. The summed E-state index contributed by atoms with van der Waals surface area (Å²) in [5.74, 6) is 0.127. The van der Waals surface area contributed by atoms with Crippen LogP contribution in [-0.4, -0.2) is 35.2 Å². The van der Waals surface area contributed by atoms with E-state index >= 15 is 0 Å². The Balaban J connectivity index is 1.62. The number of aromatic nitrogens is 1. The van der Waals surface area contributed by atoms with Crippen LogP contribution in [-0.2, 0) is 6.42 Å². The molecule has 1 aliphatic heterocycles. The van der Waals surface area contributed by atoms with E-state index in [-0.39, 0.29) is 5.56 Å². The molecule has 1 saturated heterocycles. The Morgan fingerprint density at radius 3 is 2.62 bits per heavy atom. The zero-order chi connectivity index (χ0) is 18.4. The van der Waals surface area contributed by atoms with E-state index in [1.165, 1.54) is 6.07 Å². The molecule has 2 fully saturated rings. The van der Waals surface area contributed by atoms with Crippen LogP contribution in [0, 0.1) is 11.8 Å². The topological polar surface area (TPSA) is 99.4 Å². The summed E-state index contributed by atoms with van der Waals surface area (Å²) >= 11 is 0. The van der Waals surface area contributed by atoms with Gasteiger partial charge in [0.2, 0.25) is 0 Å². The van der Waals surface area contributed by atoms with Gasteiger partial charge in [-0.05, 0) is 54.0 Å². The number of carboxylic acid groups (broad SMARTS) is 1. The molecular formula is C20H23N3O3. The molecule has 1 aromatic carbocycles. The average Bonchev–Trinajstić information content (AvgIpc) is 2.98. The lowest BCUT2D eigenvalue weighted by Crippen LogP contribution is -2.46. The van der Waals surface area contributed by atoms with Crippen LogP contribution in [0.4, 0.5) is 5.69 Å². The highest BCUT2D eigenvalue weighted by atomic mass is 16.4. The summed E-state index contributed by atoms with van der Waals surface area (Å²) in [6.45, 7) is 4.01. The second-order valence-corrected chi connectivity index (χ2v) is 7.35. The van der Waals surface area contributed by atoms with Crippen molar-refractivity contribution in [3.05, 3.63) is 51.8 Å².